The highest BCUT2D eigenvalue weighted by Crippen LogP contribution is 2.26. The number of aromatic nitrogens is 3. The third kappa shape index (κ3) is 6.13. The van der Waals surface area contributed by atoms with Crippen molar-refractivity contribution < 1.29 is 9.47 Å². The summed E-state index contributed by atoms with van der Waals surface area (Å²) >= 11 is 0. The molecule has 0 aliphatic rings. The zero-order valence-electron chi connectivity index (χ0n) is 16.8. The first-order chi connectivity index (χ1) is 13.5. The molecule has 3 aromatic heterocycles. The van der Waals surface area contributed by atoms with E-state index in [4.69, 9.17) is 14.5 Å². The average Bonchev–Trinajstić information content (AvgIpc) is 2.71. The van der Waals surface area contributed by atoms with Crippen molar-refractivity contribution in [1.82, 2.24) is 15.0 Å². The number of unbranched alkanes of at least 4 members (excludes halogenated alkanes) is 1. The van der Waals surface area contributed by atoms with Gasteiger partial charge in [-0.1, -0.05) is 12.1 Å². The second kappa shape index (κ2) is 9.42. The van der Waals surface area contributed by atoms with E-state index < -0.39 is 0 Å². The standard InChI is InChI=1S/C23H27N3O2/c1-23(2,3)28-15-9-8-14-27-18-16-21(19-10-4-6-12-24-19)26-22(17-18)20-11-5-7-13-25-20/h4-7,10-13,16-17H,8-9,14-15H2,1-3H3. The maximum atomic E-state index is 6.01. The van der Waals surface area contributed by atoms with Gasteiger partial charge in [0.05, 0.1) is 35.0 Å². The van der Waals surface area contributed by atoms with Crippen molar-refractivity contribution in [2.45, 2.75) is 39.2 Å². The summed E-state index contributed by atoms with van der Waals surface area (Å²) < 4.78 is 11.8. The highest BCUT2D eigenvalue weighted by atomic mass is 16.5. The summed E-state index contributed by atoms with van der Waals surface area (Å²) in [6.45, 7) is 7.57. The predicted molar refractivity (Wildman–Crippen MR) is 111 cm³/mol. The van der Waals surface area contributed by atoms with Crippen LogP contribution in [0.25, 0.3) is 22.8 Å². The van der Waals surface area contributed by atoms with Crippen LogP contribution in [0.3, 0.4) is 0 Å². The van der Waals surface area contributed by atoms with E-state index in [1.807, 2.05) is 48.5 Å². The van der Waals surface area contributed by atoms with E-state index >= 15 is 0 Å². The molecule has 28 heavy (non-hydrogen) atoms. The molecule has 0 aromatic carbocycles. The predicted octanol–water partition coefficient (Wildman–Crippen LogP) is 5.18. The van der Waals surface area contributed by atoms with Gasteiger partial charge in [0.2, 0.25) is 0 Å². The van der Waals surface area contributed by atoms with Gasteiger partial charge in [0.1, 0.15) is 5.75 Å². The molecule has 0 saturated heterocycles. The summed E-state index contributed by atoms with van der Waals surface area (Å²) in [4.78, 5) is 13.6. The van der Waals surface area contributed by atoms with E-state index in [0.717, 1.165) is 48.0 Å². The Hall–Kier alpha value is -2.79. The summed E-state index contributed by atoms with van der Waals surface area (Å²) in [5, 5.41) is 0. The fraction of sp³-hybridized carbons (Fsp3) is 0.348. The molecule has 0 spiro atoms. The Bertz CT molecular complexity index is 804. The van der Waals surface area contributed by atoms with E-state index in [0.29, 0.717) is 6.61 Å². The minimum atomic E-state index is -0.0961. The van der Waals surface area contributed by atoms with Crippen molar-refractivity contribution in [3.05, 3.63) is 60.9 Å². The Kier molecular flexibility index (Phi) is 6.71. The van der Waals surface area contributed by atoms with Crippen LogP contribution in [0.15, 0.2) is 60.9 Å². The lowest BCUT2D eigenvalue weighted by Crippen LogP contribution is -2.19. The summed E-state index contributed by atoms with van der Waals surface area (Å²) in [5.41, 5.74) is 3.07. The number of hydrogen-bond acceptors (Lipinski definition) is 5. The summed E-state index contributed by atoms with van der Waals surface area (Å²) in [6.07, 6.45) is 5.42. The molecule has 0 saturated carbocycles. The molecule has 5 heteroatoms. The first kappa shape index (κ1) is 20.0. The Labute approximate surface area is 166 Å². The molecule has 5 nitrogen and oxygen atoms in total. The summed E-state index contributed by atoms with van der Waals surface area (Å²) in [5.74, 6) is 0.771. The SMILES string of the molecule is CC(C)(C)OCCCCOc1cc(-c2ccccn2)nc(-c2ccccn2)c1. The molecule has 0 aliphatic heterocycles. The molecule has 0 atom stereocenters. The molecule has 0 unspecified atom stereocenters. The van der Waals surface area contributed by atoms with Crippen LogP contribution in [-0.4, -0.2) is 33.8 Å². The molecular formula is C23H27N3O2. The molecule has 3 heterocycles. The molecule has 3 rings (SSSR count). The lowest BCUT2D eigenvalue weighted by Gasteiger charge is -2.19. The third-order valence-corrected chi connectivity index (χ3v) is 4.00. The lowest BCUT2D eigenvalue weighted by molar-refractivity contribution is -0.00553. The maximum Gasteiger partial charge on any atom is 0.123 e. The van der Waals surface area contributed by atoms with Crippen molar-refractivity contribution in [3.8, 4) is 28.5 Å². The van der Waals surface area contributed by atoms with Crippen LogP contribution >= 0.6 is 0 Å². The minimum absolute atomic E-state index is 0.0961. The minimum Gasteiger partial charge on any atom is -0.493 e. The molecular weight excluding hydrogens is 350 g/mol. The number of pyridine rings is 3. The fourth-order valence-corrected chi connectivity index (χ4v) is 2.65. The Morgan fingerprint density at radius 1 is 0.750 bits per heavy atom. The zero-order valence-corrected chi connectivity index (χ0v) is 16.8. The molecule has 0 amide bonds. The van der Waals surface area contributed by atoms with Crippen LogP contribution in [0.2, 0.25) is 0 Å². The van der Waals surface area contributed by atoms with E-state index in [9.17, 15) is 0 Å². The van der Waals surface area contributed by atoms with Gasteiger partial charge < -0.3 is 9.47 Å². The molecule has 0 bridgehead atoms. The van der Waals surface area contributed by atoms with Crippen LogP contribution in [-0.2, 0) is 4.74 Å². The van der Waals surface area contributed by atoms with Crippen LogP contribution in [0.4, 0.5) is 0 Å². The summed E-state index contributed by atoms with van der Waals surface area (Å²) in [6, 6.07) is 15.4. The highest BCUT2D eigenvalue weighted by molar-refractivity contribution is 5.64. The normalized spacial score (nSPS) is 11.4. The summed E-state index contributed by atoms with van der Waals surface area (Å²) in [7, 11) is 0. The second-order valence-corrected chi connectivity index (χ2v) is 7.52. The lowest BCUT2D eigenvalue weighted by atomic mass is 10.2. The molecule has 0 fully saturated rings. The number of hydrogen-bond donors (Lipinski definition) is 0. The van der Waals surface area contributed by atoms with Crippen molar-refractivity contribution in [3.63, 3.8) is 0 Å². The van der Waals surface area contributed by atoms with Crippen molar-refractivity contribution >= 4 is 0 Å². The molecule has 0 N–H and O–H groups in total. The largest absolute Gasteiger partial charge is 0.493 e. The van der Waals surface area contributed by atoms with Gasteiger partial charge >= 0.3 is 0 Å². The number of nitrogens with zero attached hydrogens (tertiary/aromatic N) is 3. The van der Waals surface area contributed by atoms with Gasteiger partial charge in [-0.3, -0.25) is 9.97 Å². The first-order valence-corrected chi connectivity index (χ1v) is 9.63. The average molecular weight is 377 g/mol. The van der Waals surface area contributed by atoms with E-state index in [2.05, 4.69) is 30.7 Å². The van der Waals surface area contributed by atoms with Crippen molar-refractivity contribution in [2.24, 2.45) is 0 Å². The van der Waals surface area contributed by atoms with Gasteiger partial charge in [-0.2, -0.15) is 0 Å². The van der Waals surface area contributed by atoms with Gasteiger partial charge in [0.25, 0.3) is 0 Å². The first-order valence-electron chi connectivity index (χ1n) is 9.63. The third-order valence-electron chi connectivity index (χ3n) is 4.00. The van der Waals surface area contributed by atoms with Crippen LogP contribution in [0.1, 0.15) is 33.6 Å². The van der Waals surface area contributed by atoms with Crippen molar-refractivity contribution in [1.29, 1.82) is 0 Å². The van der Waals surface area contributed by atoms with E-state index in [1.165, 1.54) is 0 Å². The number of ether oxygens (including phenoxy) is 2. The monoisotopic (exact) mass is 377 g/mol. The van der Waals surface area contributed by atoms with Crippen LogP contribution in [0.5, 0.6) is 5.75 Å². The van der Waals surface area contributed by atoms with Gasteiger partial charge in [-0.05, 0) is 57.9 Å². The highest BCUT2D eigenvalue weighted by Gasteiger charge is 2.11. The van der Waals surface area contributed by atoms with Crippen LogP contribution in [0, 0.1) is 0 Å². The van der Waals surface area contributed by atoms with Crippen molar-refractivity contribution in [2.75, 3.05) is 13.2 Å². The van der Waals surface area contributed by atoms with E-state index in [-0.39, 0.29) is 5.60 Å². The smallest absolute Gasteiger partial charge is 0.123 e. The second-order valence-electron chi connectivity index (χ2n) is 7.52. The Morgan fingerprint density at radius 2 is 1.32 bits per heavy atom. The van der Waals surface area contributed by atoms with Gasteiger partial charge in [0, 0.05) is 31.1 Å². The van der Waals surface area contributed by atoms with E-state index in [1.54, 1.807) is 12.4 Å². The molecule has 0 aliphatic carbocycles. The maximum absolute atomic E-state index is 6.01. The van der Waals surface area contributed by atoms with Crippen LogP contribution < -0.4 is 4.74 Å². The van der Waals surface area contributed by atoms with Gasteiger partial charge in [-0.25, -0.2) is 4.98 Å². The molecule has 3 aromatic rings. The fourth-order valence-electron chi connectivity index (χ4n) is 2.65. The zero-order chi connectivity index (χ0) is 19.8. The topological polar surface area (TPSA) is 57.1 Å². The van der Waals surface area contributed by atoms with Gasteiger partial charge in [-0.15, -0.1) is 0 Å². The Morgan fingerprint density at radius 3 is 1.82 bits per heavy atom. The number of rotatable bonds is 8. The molecule has 0 radical (unpaired) electrons. The quantitative estimate of drug-likeness (QED) is 0.506. The Balaban J connectivity index is 1.71. The van der Waals surface area contributed by atoms with Gasteiger partial charge in [0.15, 0.2) is 0 Å². The molecule has 146 valence electrons.